The van der Waals surface area contributed by atoms with Crippen molar-refractivity contribution in [3.8, 4) is 0 Å². The summed E-state index contributed by atoms with van der Waals surface area (Å²) in [5, 5.41) is 3.00. The molecule has 1 aromatic carbocycles. The van der Waals surface area contributed by atoms with Crippen LogP contribution in [0.25, 0.3) is 0 Å². The largest absolute Gasteiger partial charge is 0.341 e. The van der Waals surface area contributed by atoms with Crippen molar-refractivity contribution in [3.63, 3.8) is 0 Å². The van der Waals surface area contributed by atoms with Gasteiger partial charge in [0.2, 0.25) is 5.91 Å². The zero-order chi connectivity index (χ0) is 19.7. The third-order valence-corrected chi connectivity index (χ3v) is 6.36. The number of hydrogen-bond donors (Lipinski definition) is 1. The Kier molecular flexibility index (Phi) is 5.10. The number of hydrogen-bond acceptors (Lipinski definition) is 4. The lowest BCUT2D eigenvalue weighted by Gasteiger charge is -2.39. The van der Waals surface area contributed by atoms with Gasteiger partial charge in [-0.3, -0.25) is 19.4 Å². The van der Waals surface area contributed by atoms with Gasteiger partial charge in [-0.1, -0.05) is 30.3 Å². The van der Waals surface area contributed by atoms with Crippen molar-refractivity contribution in [2.45, 2.75) is 50.7 Å². The first kappa shape index (κ1) is 18.9. The summed E-state index contributed by atoms with van der Waals surface area (Å²) in [6, 6.07) is 9.79. The number of carbonyl (C=O) groups is 3. The van der Waals surface area contributed by atoms with Crippen LogP contribution in [0, 0.1) is 0 Å². The third kappa shape index (κ3) is 3.51. The van der Waals surface area contributed by atoms with E-state index in [-0.39, 0.29) is 23.9 Å². The predicted octanol–water partition coefficient (Wildman–Crippen LogP) is 1.58. The number of likely N-dealkylation sites (tertiary alicyclic amines) is 2. The Labute approximate surface area is 165 Å². The summed E-state index contributed by atoms with van der Waals surface area (Å²) in [4.78, 5) is 43.1. The smallest absolute Gasteiger partial charge is 0.325 e. The van der Waals surface area contributed by atoms with Crippen LogP contribution in [0.3, 0.4) is 0 Å². The van der Waals surface area contributed by atoms with E-state index in [4.69, 9.17) is 0 Å². The van der Waals surface area contributed by atoms with E-state index in [0.717, 1.165) is 32.5 Å². The molecule has 0 aliphatic carbocycles. The molecular weight excluding hydrogens is 356 g/mol. The summed E-state index contributed by atoms with van der Waals surface area (Å²) in [5.41, 5.74) is 0.483. The molecule has 7 heteroatoms. The Morgan fingerprint density at radius 1 is 1.14 bits per heavy atom. The molecule has 3 fully saturated rings. The first-order valence-corrected chi connectivity index (χ1v) is 10.2. The minimum atomic E-state index is -0.775. The molecule has 1 spiro atoms. The highest BCUT2D eigenvalue weighted by molar-refractivity contribution is 6.07. The fraction of sp³-hybridized carbons (Fsp3) is 0.571. The van der Waals surface area contributed by atoms with Crippen LogP contribution in [0.15, 0.2) is 30.3 Å². The number of benzene rings is 1. The molecular formula is C21H28N4O3. The van der Waals surface area contributed by atoms with Gasteiger partial charge in [-0.2, -0.15) is 0 Å². The van der Waals surface area contributed by atoms with Gasteiger partial charge in [0.15, 0.2) is 0 Å². The van der Waals surface area contributed by atoms with Crippen LogP contribution in [-0.2, 0) is 16.1 Å². The van der Waals surface area contributed by atoms with Crippen LogP contribution in [0.4, 0.5) is 4.79 Å². The highest BCUT2D eigenvalue weighted by atomic mass is 16.2. The first-order valence-electron chi connectivity index (χ1n) is 10.2. The predicted molar refractivity (Wildman–Crippen MR) is 104 cm³/mol. The topological polar surface area (TPSA) is 73.0 Å². The van der Waals surface area contributed by atoms with Gasteiger partial charge in [-0.15, -0.1) is 0 Å². The van der Waals surface area contributed by atoms with Gasteiger partial charge in [0.1, 0.15) is 5.54 Å². The summed E-state index contributed by atoms with van der Waals surface area (Å²) < 4.78 is 0. The summed E-state index contributed by atoms with van der Waals surface area (Å²) in [6.07, 6.45) is 2.84. The molecule has 1 N–H and O–H groups in total. The average Bonchev–Trinajstić information content (AvgIpc) is 2.94. The van der Waals surface area contributed by atoms with Gasteiger partial charge < -0.3 is 10.2 Å². The van der Waals surface area contributed by atoms with Crippen LogP contribution in [0.5, 0.6) is 0 Å². The molecule has 3 heterocycles. The van der Waals surface area contributed by atoms with Crippen molar-refractivity contribution in [3.05, 3.63) is 35.9 Å². The molecule has 4 amide bonds. The van der Waals surface area contributed by atoms with E-state index < -0.39 is 5.54 Å². The van der Waals surface area contributed by atoms with Gasteiger partial charge in [0.25, 0.3) is 5.91 Å². The van der Waals surface area contributed by atoms with Crippen LogP contribution in [-0.4, -0.2) is 70.3 Å². The van der Waals surface area contributed by atoms with Gasteiger partial charge in [-0.05, 0) is 31.2 Å². The summed E-state index contributed by atoms with van der Waals surface area (Å²) in [7, 11) is 0. The van der Waals surface area contributed by atoms with E-state index >= 15 is 0 Å². The van der Waals surface area contributed by atoms with Crippen LogP contribution >= 0.6 is 0 Å². The van der Waals surface area contributed by atoms with E-state index in [0.29, 0.717) is 25.9 Å². The van der Waals surface area contributed by atoms with Gasteiger partial charge in [0, 0.05) is 39.6 Å². The highest BCUT2D eigenvalue weighted by Crippen LogP contribution is 2.32. The lowest BCUT2D eigenvalue weighted by molar-refractivity contribution is -0.138. The quantitative estimate of drug-likeness (QED) is 0.803. The Balaban J connectivity index is 1.41. The summed E-state index contributed by atoms with van der Waals surface area (Å²) >= 11 is 0. The minimum absolute atomic E-state index is 0.000637. The molecule has 150 valence electrons. The first-order chi connectivity index (χ1) is 13.5. The molecule has 0 bridgehead atoms. The maximum atomic E-state index is 13.3. The van der Waals surface area contributed by atoms with Gasteiger partial charge in [0.05, 0.1) is 6.04 Å². The van der Waals surface area contributed by atoms with Crippen LogP contribution < -0.4 is 5.32 Å². The van der Waals surface area contributed by atoms with E-state index in [2.05, 4.69) is 22.3 Å². The van der Waals surface area contributed by atoms with E-state index in [9.17, 15) is 14.4 Å². The minimum Gasteiger partial charge on any atom is -0.341 e. The second kappa shape index (κ2) is 7.54. The number of rotatable bonds is 3. The van der Waals surface area contributed by atoms with E-state index in [1.54, 1.807) is 4.90 Å². The monoisotopic (exact) mass is 384 g/mol. The molecule has 0 aromatic heterocycles. The molecule has 4 rings (SSSR count). The fourth-order valence-corrected chi connectivity index (χ4v) is 4.70. The second-order valence-electron chi connectivity index (χ2n) is 8.21. The van der Waals surface area contributed by atoms with Crippen molar-refractivity contribution >= 4 is 17.8 Å². The summed E-state index contributed by atoms with van der Waals surface area (Å²) in [6.45, 7) is 5.11. The molecule has 0 saturated carbocycles. The molecule has 7 nitrogen and oxygen atoms in total. The lowest BCUT2D eigenvalue weighted by Crippen LogP contribution is -2.56. The van der Waals surface area contributed by atoms with Crippen LogP contribution in [0.1, 0.15) is 38.2 Å². The Morgan fingerprint density at radius 2 is 1.86 bits per heavy atom. The second-order valence-corrected chi connectivity index (χ2v) is 8.21. The standard InChI is InChI=1S/C21H28N4O3/c1-16(26)24-11-5-8-18(15-24)25-19(27)21(22-20(25)28)9-12-23(13-10-21)14-17-6-3-2-4-7-17/h2-4,6-7,18H,5,8-15H2,1H3,(H,22,28)/t18-/m1/s1. The lowest BCUT2D eigenvalue weighted by atomic mass is 9.87. The zero-order valence-electron chi connectivity index (χ0n) is 16.4. The molecule has 1 atom stereocenters. The van der Waals surface area contributed by atoms with Crippen molar-refractivity contribution < 1.29 is 14.4 Å². The Hall–Kier alpha value is -2.41. The number of carbonyl (C=O) groups excluding carboxylic acids is 3. The maximum Gasteiger partial charge on any atom is 0.325 e. The van der Waals surface area contributed by atoms with Crippen molar-refractivity contribution in [2.24, 2.45) is 0 Å². The van der Waals surface area contributed by atoms with E-state index in [1.165, 1.54) is 17.4 Å². The number of imide groups is 1. The van der Waals surface area contributed by atoms with Crippen molar-refractivity contribution in [2.75, 3.05) is 26.2 Å². The molecule has 3 saturated heterocycles. The SMILES string of the molecule is CC(=O)N1CCC[C@@H](N2C(=O)NC3(CCN(Cc4ccccc4)CC3)C2=O)C1. The Bertz CT molecular complexity index is 758. The summed E-state index contributed by atoms with van der Waals surface area (Å²) in [5.74, 6) is -0.104. The van der Waals surface area contributed by atoms with Gasteiger partial charge >= 0.3 is 6.03 Å². The van der Waals surface area contributed by atoms with E-state index in [1.807, 2.05) is 18.2 Å². The molecule has 3 aliphatic rings. The average molecular weight is 384 g/mol. The number of nitrogens with one attached hydrogen (secondary N) is 1. The number of amides is 4. The molecule has 3 aliphatic heterocycles. The maximum absolute atomic E-state index is 13.3. The number of nitrogens with zero attached hydrogens (tertiary/aromatic N) is 3. The van der Waals surface area contributed by atoms with Crippen molar-refractivity contribution in [1.29, 1.82) is 0 Å². The molecule has 1 aromatic rings. The Morgan fingerprint density at radius 3 is 2.54 bits per heavy atom. The molecule has 0 radical (unpaired) electrons. The molecule has 0 unspecified atom stereocenters. The highest BCUT2D eigenvalue weighted by Gasteiger charge is 2.54. The normalized spacial score (nSPS) is 25.2. The number of urea groups is 1. The van der Waals surface area contributed by atoms with Crippen LogP contribution in [0.2, 0.25) is 0 Å². The van der Waals surface area contributed by atoms with Crippen molar-refractivity contribution in [1.82, 2.24) is 20.0 Å². The molecule has 28 heavy (non-hydrogen) atoms. The number of piperidine rings is 2. The van der Waals surface area contributed by atoms with Gasteiger partial charge in [-0.25, -0.2) is 4.79 Å². The zero-order valence-corrected chi connectivity index (χ0v) is 16.4. The third-order valence-electron chi connectivity index (χ3n) is 6.36. The fourth-order valence-electron chi connectivity index (χ4n) is 4.70.